The third kappa shape index (κ3) is 5.47. The van der Waals surface area contributed by atoms with Crippen LogP contribution in [0.5, 0.6) is 11.5 Å². The molecule has 0 bridgehead atoms. The molecule has 0 unspecified atom stereocenters. The second-order valence-corrected chi connectivity index (χ2v) is 6.82. The minimum Gasteiger partial charge on any atom is -0.744 e. The van der Waals surface area contributed by atoms with Crippen LogP contribution in [0, 0.1) is 0 Å². The number of anilines is 1. The van der Waals surface area contributed by atoms with Gasteiger partial charge in [0.15, 0.2) is 11.5 Å². The first-order chi connectivity index (χ1) is 12.3. The smallest absolute Gasteiger partial charge is 0.224 e. The molecule has 2 aromatic rings. The van der Waals surface area contributed by atoms with Crippen LogP contribution in [-0.4, -0.2) is 32.6 Å². The average molecular weight is 378 g/mol. The Morgan fingerprint density at radius 2 is 1.81 bits per heavy atom. The van der Waals surface area contributed by atoms with E-state index < -0.39 is 10.1 Å². The van der Waals surface area contributed by atoms with E-state index in [1.54, 1.807) is 13.2 Å². The summed E-state index contributed by atoms with van der Waals surface area (Å²) in [5.41, 5.74) is 1.35. The van der Waals surface area contributed by atoms with Crippen molar-refractivity contribution in [2.24, 2.45) is 0 Å². The first-order valence-corrected chi connectivity index (χ1v) is 9.40. The van der Waals surface area contributed by atoms with Gasteiger partial charge in [-0.05, 0) is 55.3 Å². The standard InChI is InChI=1S/C18H21NO6S/c1-3-25-16-10-4-13(12-17(16)24-2)5-11-18(20)19-14-6-8-15(9-7-14)26(21,22)23/h4,6-10,12H,3,5,11H2,1-2H3,(H,19,20)(H,21,22,23)/p-1. The largest absolute Gasteiger partial charge is 0.744 e. The topological polar surface area (TPSA) is 105 Å². The number of carbonyl (C=O) groups is 1. The summed E-state index contributed by atoms with van der Waals surface area (Å²) in [5.74, 6) is 1.03. The summed E-state index contributed by atoms with van der Waals surface area (Å²) in [6.45, 7) is 2.42. The highest BCUT2D eigenvalue weighted by Gasteiger charge is 2.08. The Morgan fingerprint density at radius 3 is 2.38 bits per heavy atom. The molecule has 0 saturated carbocycles. The molecule has 7 nitrogen and oxygen atoms in total. The molecule has 0 saturated heterocycles. The summed E-state index contributed by atoms with van der Waals surface area (Å²) >= 11 is 0. The van der Waals surface area contributed by atoms with Crippen LogP contribution in [0.2, 0.25) is 0 Å². The highest BCUT2D eigenvalue weighted by Crippen LogP contribution is 2.28. The monoisotopic (exact) mass is 378 g/mol. The number of benzene rings is 2. The normalized spacial score (nSPS) is 11.0. The quantitative estimate of drug-likeness (QED) is 0.708. The van der Waals surface area contributed by atoms with E-state index in [2.05, 4.69) is 5.32 Å². The Hall–Kier alpha value is -2.58. The molecule has 0 spiro atoms. The van der Waals surface area contributed by atoms with Crippen LogP contribution in [0.4, 0.5) is 5.69 Å². The molecule has 8 heteroatoms. The van der Waals surface area contributed by atoms with Gasteiger partial charge in [-0.2, -0.15) is 0 Å². The van der Waals surface area contributed by atoms with Gasteiger partial charge in [0, 0.05) is 12.1 Å². The summed E-state index contributed by atoms with van der Waals surface area (Å²) < 4.78 is 43.4. The van der Waals surface area contributed by atoms with Crippen LogP contribution in [0.15, 0.2) is 47.4 Å². The maximum atomic E-state index is 12.0. The van der Waals surface area contributed by atoms with Gasteiger partial charge >= 0.3 is 0 Å². The number of aryl methyl sites for hydroxylation is 1. The molecule has 0 aliphatic heterocycles. The van der Waals surface area contributed by atoms with Gasteiger partial charge in [-0.15, -0.1) is 0 Å². The molecule has 0 aromatic heterocycles. The number of hydrogen-bond acceptors (Lipinski definition) is 6. The van der Waals surface area contributed by atoms with E-state index >= 15 is 0 Å². The summed E-state index contributed by atoms with van der Waals surface area (Å²) in [6.07, 6.45) is 0.736. The first kappa shape index (κ1) is 19.7. The molecule has 0 heterocycles. The lowest BCUT2D eigenvalue weighted by molar-refractivity contribution is -0.116. The van der Waals surface area contributed by atoms with Gasteiger partial charge in [0.25, 0.3) is 0 Å². The van der Waals surface area contributed by atoms with Crippen LogP contribution in [0.1, 0.15) is 18.9 Å². The zero-order valence-electron chi connectivity index (χ0n) is 14.5. The van der Waals surface area contributed by atoms with Crippen LogP contribution >= 0.6 is 0 Å². The van der Waals surface area contributed by atoms with Crippen molar-refractivity contribution >= 4 is 21.7 Å². The van der Waals surface area contributed by atoms with Gasteiger partial charge in [-0.3, -0.25) is 4.79 Å². The summed E-state index contributed by atoms with van der Waals surface area (Å²) in [5, 5.41) is 2.66. The van der Waals surface area contributed by atoms with Gasteiger partial charge in [0.1, 0.15) is 10.1 Å². The van der Waals surface area contributed by atoms with Gasteiger partial charge in [-0.25, -0.2) is 8.42 Å². The molecule has 0 atom stereocenters. The second-order valence-electron chi connectivity index (χ2n) is 5.44. The predicted molar refractivity (Wildman–Crippen MR) is 95.5 cm³/mol. The van der Waals surface area contributed by atoms with Crippen molar-refractivity contribution in [3.8, 4) is 11.5 Å². The number of ether oxygens (including phenoxy) is 2. The molecular weight excluding hydrogens is 358 g/mol. The van der Waals surface area contributed by atoms with E-state index in [0.717, 1.165) is 17.7 Å². The van der Waals surface area contributed by atoms with Crippen molar-refractivity contribution in [2.75, 3.05) is 19.0 Å². The maximum Gasteiger partial charge on any atom is 0.224 e. The van der Waals surface area contributed by atoms with E-state index in [9.17, 15) is 17.8 Å². The molecule has 2 rings (SSSR count). The number of methoxy groups -OCH3 is 1. The van der Waals surface area contributed by atoms with Crippen LogP contribution < -0.4 is 14.8 Å². The molecular formula is C18H20NO6S-. The fourth-order valence-electron chi connectivity index (χ4n) is 2.33. The Morgan fingerprint density at radius 1 is 1.12 bits per heavy atom. The molecule has 0 aliphatic rings. The number of rotatable bonds is 8. The minimum absolute atomic E-state index is 0.226. The third-order valence-electron chi connectivity index (χ3n) is 3.60. The van der Waals surface area contributed by atoms with Crippen molar-refractivity contribution in [3.63, 3.8) is 0 Å². The van der Waals surface area contributed by atoms with E-state index in [1.807, 2.05) is 19.1 Å². The summed E-state index contributed by atoms with van der Waals surface area (Å²) in [6, 6.07) is 10.6. The molecule has 1 amide bonds. The van der Waals surface area contributed by atoms with Crippen molar-refractivity contribution in [3.05, 3.63) is 48.0 Å². The number of nitrogens with one attached hydrogen (secondary N) is 1. The third-order valence-corrected chi connectivity index (χ3v) is 4.44. The Kier molecular flexibility index (Phi) is 6.59. The van der Waals surface area contributed by atoms with Crippen molar-refractivity contribution in [2.45, 2.75) is 24.7 Å². The average Bonchev–Trinajstić information content (AvgIpc) is 2.60. The molecule has 1 N–H and O–H groups in total. The Bertz CT molecular complexity index is 862. The summed E-state index contributed by atoms with van der Waals surface area (Å²) in [7, 11) is -2.94. The van der Waals surface area contributed by atoms with Crippen LogP contribution in [-0.2, 0) is 21.3 Å². The lowest BCUT2D eigenvalue weighted by Gasteiger charge is -2.11. The highest BCUT2D eigenvalue weighted by molar-refractivity contribution is 7.85. The molecule has 0 radical (unpaired) electrons. The minimum atomic E-state index is -4.49. The maximum absolute atomic E-state index is 12.0. The van der Waals surface area contributed by atoms with Gasteiger partial charge in [0.05, 0.1) is 18.6 Å². The van der Waals surface area contributed by atoms with Gasteiger partial charge in [0.2, 0.25) is 5.91 Å². The lowest BCUT2D eigenvalue weighted by atomic mass is 10.1. The van der Waals surface area contributed by atoms with E-state index in [1.165, 1.54) is 12.1 Å². The number of carbonyl (C=O) groups excluding carboxylic acids is 1. The Labute approximate surface area is 152 Å². The number of amides is 1. The highest BCUT2D eigenvalue weighted by atomic mass is 32.2. The number of hydrogen-bond donors (Lipinski definition) is 1. The predicted octanol–water partition coefficient (Wildman–Crippen LogP) is 2.57. The fourth-order valence-corrected chi connectivity index (χ4v) is 2.80. The fraction of sp³-hybridized carbons (Fsp3) is 0.278. The summed E-state index contributed by atoms with van der Waals surface area (Å²) in [4.78, 5) is 11.7. The van der Waals surface area contributed by atoms with Gasteiger partial charge < -0.3 is 19.3 Å². The van der Waals surface area contributed by atoms with Crippen molar-refractivity contribution in [1.29, 1.82) is 0 Å². The Balaban J connectivity index is 1.94. The molecule has 2 aromatic carbocycles. The lowest BCUT2D eigenvalue weighted by Crippen LogP contribution is -2.12. The molecule has 140 valence electrons. The van der Waals surface area contributed by atoms with E-state index in [4.69, 9.17) is 9.47 Å². The molecule has 0 aliphatic carbocycles. The van der Waals surface area contributed by atoms with E-state index in [-0.39, 0.29) is 17.2 Å². The second kappa shape index (κ2) is 8.68. The van der Waals surface area contributed by atoms with Crippen LogP contribution in [0.25, 0.3) is 0 Å². The van der Waals surface area contributed by atoms with Crippen LogP contribution in [0.3, 0.4) is 0 Å². The zero-order chi connectivity index (χ0) is 19.2. The molecule has 26 heavy (non-hydrogen) atoms. The molecule has 0 fully saturated rings. The van der Waals surface area contributed by atoms with E-state index in [0.29, 0.717) is 30.2 Å². The van der Waals surface area contributed by atoms with Gasteiger partial charge in [-0.1, -0.05) is 6.07 Å². The van der Waals surface area contributed by atoms with Crippen molar-refractivity contribution in [1.82, 2.24) is 0 Å². The zero-order valence-corrected chi connectivity index (χ0v) is 15.3. The van der Waals surface area contributed by atoms with Crippen molar-refractivity contribution < 1.29 is 27.2 Å². The first-order valence-electron chi connectivity index (χ1n) is 7.99. The SMILES string of the molecule is CCOc1ccc(CCC(=O)Nc2ccc(S(=O)(=O)[O-])cc2)cc1OC.